The van der Waals surface area contributed by atoms with Crippen LogP contribution in [0.15, 0.2) is 12.2 Å². The number of carbonyl (C=O) groups is 2. The predicted octanol–water partition coefficient (Wildman–Crippen LogP) is 11.8. The average Bonchev–Trinajstić information content (AvgIpc) is 3.09. The van der Waals surface area contributed by atoms with Crippen LogP contribution in [0.1, 0.15) is 194 Å². The van der Waals surface area contributed by atoms with Crippen LogP contribution in [-0.4, -0.2) is 74.9 Å². The molecule has 0 heterocycles. The number of esters is 2. The molecule has 0 saturated carbocycles. The summed E-state index contributed by atoms with van der Waals surface area (Å²) in [5.41, 5.74) is 0. The maximum Gasteiger partial charge on any atom is 0.472 e. The van der Waals surface area contributed by atoms with E-state index in [4.69, 9.17) is 18.5 Å². The van der Waals surface area contributed by atoms with E-state index in [1.807, 2.05) is 21.1 Å². The van der Waals surface area contributed by atoms with Crippen molar-refractivity contribution in [1.82, 2.24) is 0 Å². The molecule has 0 spiro atoms. The molecule has 0 aromatic carbocycles. The summed E-state index contributed by atoms with van der Waals surface area (Å²) in [4.78, 5) is 35.3. The number of hydrogen-bond acceptors (Lipinski definition) is 7. The minimum Gasteiger partial charge on any atom is -0.462 e. The first kappa shape index (κ1) is 50.8. The molecule has 0 saturated heterocycles. The molecule has 52 heavy (non-hydrogen) atoms. The molecule has 0 amide bonds. The Morgan fingerprint density at radius 1 is 0.577 bits per heavy atom. The average molecular weight is 761 g/mol. The lowest BCUT2D eigenvalue weighted by atomic mass is 10.0. The summed E-state index contributed by atoms with van der Waals surface area (Å²) in [6, 6.07) is 0. The first-order chi connectivity index (χ1) is 25.0. The monoisotopic (exact) mass is 761 g/mol. The van der Waals surface area contributed by atoms with Crippen molar-refractivity contribution < 1.29 is 42.1 Å². The van der Waals surface area contributed by atoms with Crippen LogP contribution in [0.25, 0.3) is 0 Å². The fraction of sp³-hybridized carbons (Fsp3) is 0.905. The van der Waals surface area contributed by atoms with E-state index < -0.39 is 26.5 Å². The van der Waals surface area contributed by atoms with E-state index in [-0.39, 0.29) is 25.6 Å². The highest BCUT2D eigenvalue weighted by atomic mass is 31.2. The van der Waals surface area contributed by atoms with Crippen LogP contribution in [0.5, 0.6) is 0 Å². The summed E-state index contributed by atoms with van der Waals surface area (Å²) in [6.07, 6.45) is 35.3. The summed E-state index contributed by atoms with van der Waals surface area (Å²) in [6.45, 7) is 4.41. The lowest BCUT2D eigenvalue weighted by Crippen LogP contribution is -2.37. The molecule has 1 N–H and O–H groups in total. The van der Waals surface area contributed by atoms with Crippen molar-refractivity contribution in [1.29, 1.82) is 0 Å². The van der Waals surface area contributed by atoms with Crippen molar-refractivity contribution in [3.63, 3.8) is 0 Å². The highest BCUT2D eigenvalue weighted by molar-refractivity contribution is 7.47. The number of ether oxygens (including phenoxy) is 2. The van der Waals surface area contributed by atoms with Crippen molar-refractivity contribution in [2.24, 2.45) is 0 Å². The van der Waals surface area contributed by atoms with Crippen molar-refractivity contribution >= 4 is 19.8 Å². The van der Waals surface area contributed by atoms with Crippen LogP contribution in [0.2, 0.25) is 0 Å². The van der Waals surface area contributed by atoms with Crippen LogP contribution in [0, 0.1) is 0 Å². The Labute approximate surface area is 320 Å². The van der Waals surface area contributed by atoms with Crippen molar-refractivity contribution in [3.8, 4) is 0 Å². The zero-order valence-electron chi connectivity index (χ0n) is 34.6. The number of carbonyl (C=O) groups excluding carboxylic acids is 2. The van der Waals surface area contributed by atoms with Gasteiger partial charge >= 0.3 is 19.8 Å². The van der Waals surface area contributed by atoms with Gasteiger partial charge in [0.1, 0.15) is 19.8 Å². The summed E-state index contributed by atoms with van der Waals surface area (Å²) < 4.78 is 34.3. The highest BCUT2D eigenvalue weighted by Crippen LogP contribution is 2.43. The molecule has 0 aromatic heterocycles. The molecule has 10 heteroatoms. The van der Waals surface area contributed by atoms with Gasteiger partial charge in [0.25, 0.3) is 0 Å². The van der Waals surface area contributed by atoms with E-state index in [0.29, 0.717) is 23.9 Å². The third kappa shape index (κ3) is 38.5. The number of phosphoric acid groups is 1. The molecule has 0 radical (unpaired) electrons. The zero-order valence-corrected chi connectivity index (χ0v) is 35.5. The maximum atomic E-state index is 12.7. The number of allylic oxidation sites excluding steroid dienone is 2. The Bertz CT molecular complexity index is 907. The van der Waals surface area contributed by atoms with Gasteiger partial charge in [-0.3, -0.25) is 18.6 Å². The first-order valence-electron chi connectivity index (χ1n) is 21.4. The fourth-order valence-electron chi connectivity index (χ4n) is 5.89. The molecule has 1 unspecified atom stereocenters. The summed E-state index contributed by atoms with van der Waals surface area (Å²) in [7, 11) is 1.48. The number of nitrogens with zero attached hydrogens (tertiary/aromatic N) is 1. The Kier molecular flexibility index (Phi) is 34.6. The van der Waals surface area contributed by atoms with Gasteiger partial charge in [-0.2, -0.15) is 0 Å². The van der Waals surface area contributed by atoms with Crippen LogP contribution >= 0.6 is 7.82 Å². The molecule has 9 nitrogen and oxygen atoms in total. The maximum absolute atomic E-state index is 12.7. The van der Waals surface area contributed by atoms with Gasteiger partial charge in [0.2, 0.25) is 0 Å². The Hall–Kier alpha value is -1.25. The molecular weight excluding hydrogens is 677 g/mol. The molecule has 0 aromatic rings. The highest BCUT2D eigenvalue weighted by Gasteiger charge is 2.27. The van der Waals surface area contributed by atoms with Crippen molar-refractivity contribution in [3.05, 3.63) is 12.2 Å². The number of unbranched alkanes of at least 4 members (excludes halogenated alkanes) is 23. The summed E-state index contributed by atoms with van der Waals surface area (Å²) in [5.74, 6) is -0.794. The normalized spacial score (nSPS) is 13.7. The van der Waals surface area contributed by atoms with Gasteiger partial charge in [0.15, 0.2) is 6.10 Å². The number of hydrogen-bond donors (Lipinski definition) is 1. The number of rotatable bonds is 39. The second-order valence-electron chi connectivity index (χ2n) is 15.7. The van der Waals surface area contributed by atoms with Gasteiger partial charge in [-0.1, -0.05) is 154 Å². The number of quaternary nitrogens is 1. The predicted molar refractivity (Wildman–Crippen MR) is 215 cm³/mol. The van der Waals surface area contributed by atoms with E-state index >= 15 is 0 Å². The van der Waals surface area contributed by atoms with Gasteiger partial charge in [-0.15, -0.1) is 0 Å². The van der Waals surface area contributed by atoms with Gasteiger partial charge in [-0.05, 0) is 38.5 Å². The Balaban J connectivity index is 4.36. The smallest absolute Gasteiger partial charge is 0.462 e. The van der Waals surface area contributed by atoms with Gasteiger partial charge in [0.05, 0.1) is 27.7 Å². The second-order valence-corrected chi connectivity index (χ2v) is 17.2. The van der Waals surface area contributed by atoms with Gasteiger partial charge < -0.3 is 18.9 Å². The molecule has 0 aliphatic carbocycles. The van der Waals surface area contributed by atoms with E-state index in [1.165, 1.54) is 122 Å². The van der Waals surface area contributed by atoms with Gasteiger partial charge in [-0.25, -0.2) is 4.57 Å². The Morgan fingerprint density at radius 2 is 0.981 bits per heavy atom. The van der Waals surface area contributed by atoms with Gasteiger partial charge in [0, 0.05) is 12.8 Å². The summed E-state index contributed by atoms with van der Waals surface area (Å²) >= 11 is 0. The van der Waals surface area contributed by atoms with E-state index in [2.05, 4.69) is 26.0 Å². The molecule has 0 bridgehead atoms. The minimum absolute atomic E-state index is 0.0341. The van der Waals surface area contributed by atoms with Crippen LogP contribution in [0.3, 0.4) is 0 Å². The third-order valence-electron chi connectivity index (χ3n) is 9.30. The third-order valence-corrected chi connectivity index (χ3v) is 10.3. The fourth-order valence-corrected chi connectivity index (χ4v) is 6.63. The first-order valence-corrected chi connectivity index (χ1v) is 22.9. The standard InChI is InChI=1S/C42H82NO8P/c1-6-8-10-12-14-16-18-20-21-23-25-27-29-31-33-35-42(45)51-40(39-50-52(46,47)49-37-36-43(3,4)5)38-48-41(44)34-32-30-28-26-24-22-19-17-15-13-11-9-7-2/h14,16,40H,6-13,15,17-39H2,1-5H3/p+1/b16-14+/t40-/m1/s1. The van der Waals surface area contributed by atoms with Crippen LogP contribution in [-0.2, 0) is 32.7 Å². The molecule has 0 rings (SSSR count). The van der Waals surface area contributed by atoms with Crippen molar-refractivity contribution in [2.45, 2.75) is 200 Å². The second kappa shape index (κ2) is 35.5. The van der Waals surface area contributed by atoms with E-state index in [1.54, 1.807) is 0 Å². The Morgan fingerprint density at radius 3 is 1.46 bits per heavy atom. The topological polar surface area (TPSA) is 108 Å². The lowest BCUT2D eigenvalue weighted by Gasteiger charge is -2.24. The molecular formula is C42H83NO8P+. The zero-order chi connectivity index (χ0) is 38.6. The molecule has 308 valence electrons. The van der Waals surface area contributed by atoms with Crippen LogP contribution < -0.4 is 0 Å². The largest absolute Gasteiger partial charge is 0.472 e. The lowest BCUT2D eigenvalue weighted by molar-refractivity contribution is -0.870. The number of phosphoric ester groups is 1. The summed E-state index contributed by atoms with van der Waals surface area (Å²) in [5, 5.41) is 0. The molecule has 0 fully saturated rings. The van der Waals surface area contributed by atoms with Crippen LogP contribution in [0.4, 0.5) is 0 Å². The number of likely N-dealkylation sites (N-methyl/N-ethyl adjacent to an activating group) is 1. The quantitative estimate of drug-likeness (QED) is 0.0217. The molecule has 0 aliphatic rings. The van der Waals surface area contributed by atoms with Crippen molar-refractivity contribution in [2.75, 3.05) is 47.5 Å². The molecule has 2 atom stereocenters. The van der Waals surface area contributed by atoms with E-state index in [0.717, 1.165) is 38.5 Å². The minimum atomic E-state index is -4.37. The molecule has 0 aliphatic heterocycles. The van der Waals surface area contributed by atoms with E-state index in [9.17, 15) is 19.0 Å². The SMILES string of the molecule is CCCCC/C=C/CCCCCCCCCCC(=O)O[C@H](COC(=O)CCCCCCCCCCCCCCC)COP(=O)(O)OCC[N+](C)(C)C.